The first kappa shape index (κ1) is 16.7. The second-order valence-electron chi connectivity index (χ2n) is 6.35. The lowest BCUT2D eigenvalue weighted by atomic mass is 9.98. The first-order valence-electron chi connectivity index (χ1n) is 8.67. The van der Waals surface area contributed by atoms with Crippen molar-refractivity contribution in [2.75, 3.05) is 37.5 Å². The number of fused-ring (bicyclic) bond motifs is 1. The van der Waals surface area contributed by atoms with Crippen LogP contribution in [0.1, 0.15) is 5.56 Å². The summed E-state index contributed by atoms with van der Waals surface area (Å²) < 4.78 is 5.45. The molecular formula is C19H22N6O. The van der Waals surface area contributed by atoms with Crippen molar-refractivity contribution in [1.29, 1.82) is 0 Å². The van der Waals surface area contributed by atoms with Crippen LogP contribution >= 0.6 is 0 Å². The fourth-order valence-electron chi connectivity index (χ4n) is 3.36. The first-order chi connectivity index (χ1) is 12.7. The Bertz CT molecular complexity index is 923. The lowest BCUT2D eigenvalue weighted by Gasteiger charge is -2.27. The predicted octanol–water partition coefficient (Wildman–Crippen LogP) is 2.00. The van der Waals surface area contributed by atoms with Gasteiger partial charge in [0.25, 0.3) is 0 Å². The normalized spacial score (nSPS) is 15.3. The van der Waals surface area contributed by atoms with E-state index in [1.807, 2.05) is 6.07 Å². The van der Waals surface area contributed by atoms with Gasteiger partial charge in [0.05, 0.1) is 18.7 Å². The zero-order valence-corrected chi connectivity index (χ0v) is 14.5. The number of nitrogens with one attached hydrogen (secondary N) is 1. The molecule has 0 atom stereocenters. The van der Waals surface area contributed by atoms with Crippen LogP contribution in [0, 0.1) is 0 Å². The lowest BCUT2D eigenvalue weighted by molar-refractivity contribution is 0.0342. The van der Waals surface area contributed by atoms with Crippen LogP contribution in [0.4, 0.5) is 11.8 Å². The molecule has 5 N–H and O–H groups in total. The number of anilines is 2. The Morgan fingerprint density at radius 3 is 2.69 bits per heavy atom. The molecule has 0 bridgehead atoms. The molecule has 2 aromatic carbocycles. The Morgan fingerprint density at radius 1 is 1.08 bits per heavy atom. The van der Waals surface area contributed by atoms with Gasteiger partial charge < -0.3 is 15.9 Å². The number of morpholine rings is 1. The number of ether oxygens (including phenoxy) is 1. The van der Waals surface area contributed by atoms with Gasteiger partial charge in [-0.2, -0.15) is 4.98 Å². The van der Waals surface area contributed by atoms with Crippen molar-refractivity contribution >= 4 is 22.7 Å². The number of rotatable bonds is 4. The molecule has 1 aromatic heterocycles. The number of hydrogen-bond acceptors (Lipinski definition) is 7. The Labute approximate surface area is 152 Å². The molecule has 3 aromatic rings. The number of hydrazine groups is 1. The summed E-state index contributed by atoms with van der Waals surface area (Å²) in [6.45, 7) is 4.41. The van der Waals surface area contributed by atoms with Gasteiger partial charge in [-0.15, -0.1) is 0 Å². The highest BCUT2D eigenvalue weighted by molar-refractivity contribution is 5.93. The minimum absolute atomic E-state index is 0.200. The molecule has 7 heteroatoms. The highest BCUT2D eigenvalue weighted by atomic mass is 16.5. The van der Waals surface area contributed by atoms with E-state index < -0.39 is 0 Å². The van der Waals surface area contributed by atoms with Crippen molar-refractivity contribution in [1.82, 2.24) is 14.9 Å². The van der Waals surface area contributed by atoms with Gasteiger partial charge in [-0.05, 0) is 28.8 Å². The summed E-state index contributed by atoms with van der Waals surface area (Å²) in [4.78, 5) is 10.9. The molecule has 0 saturated carbocycles. The number of nitrogens with two attached hydrogens (primary N) is 2. The monoisotopic (exact) mass is 350 g/mol. The van der Waals surface area contributed by atoms with E-state index in [2.05, 4.69) is 56.7 Å². The molecule has 26 heavy (non-hydrogen) atoms. The Hall–Kier alpha value is -2.74. The highest BCUT2D eigenvalue weighted by Crippen LogP contribution is 2.30. The van der Waals surface area contributed by atoms with Crippen LogP contribution < -0.4 is 17.0 Å². The maximum atomic E-state index is 5.74. The minimum atomic E-state index is 0.200. The summed E-state index contributed by atoms with van der Waals surface area (Å²) in [5, 5.41) is 0.848. The van der Waals surface area contributed by atoms with Crippen LogP contribution in [0.5, 0.6) is 0 Å². The van der Waals surface area contributed by atoms with E-state index in [1.54, 1.807) is 0 Å². The molecule has 1 aliphatic rings. The van der Waals surface area contributed by atoms with Crippen molar-refractivity contribution in [3.05, 3.63) is 48.0 Å². The molecule has 134 valence electrons. The van der Waals surface area contributed by atoms with Gasteiger partial charge in [0.15, 0.2) is 5.82 Å². The predicted molar refractivity (Wildman–Crippen MR) is 103 cm³/mol. The van der Waals surface area contributed by atoms with Crippen molar-refractivity contribution in [3.63, 3.8) is 0 Å². The van der Waals surface area contributed by atoms with Crippen LogP contribution in [0.2, 0.25) is 0 Å². The topological polar surface area (TPSA) is 102 Å². The van der Waals surface area contributed by atoms with Crippen molar-refractivity contribution in [3.8, 4) is 11.1 Å². The van der Waals surface area contributed by atoms with Crippen molar-refractivity contribution in [2.45, 2.75) is 6.54 Å². The molecular weight excluding hydrogens is 328 g/mol. The molecule has 0 spiro atoms. The van der Waals surface area contributed by atoms with Crippen molar-refractivity contribution in [2.24, 2.45) is 5.84 Å². The number of nitrogen functional groups attached to an aromatic ring is 2. The Kier molecular flexibility index (Phi) is 4.66. The summed E-state index contributed by atoms with van der Waals surface area (Å²) in [5.41, 5.74) is 12.7. The molecule has 0 unspecified atom stereocenters. The Morgan fingerprint density at radius 2 is 1.88 bits per heavy atom. The van der Waals surface area contributed by atoms with Gasteiger partial charge in [0.1, 0.15) is 0 Å². The largest absolute Gasteiger partial charge is 0.379 e. The number of aromatic nitrogens is 2. The fourth-order valence-corrected chi connectivity index (χ4v) is 3.36. The lowest BCUT2D eigenvalue weighted by Crippen LogP contribution is -2.35. The standard InChI is InChI=1S/C19H22N6O/c20-19-22-17-6-5-13(11-16(17)18(23-19)24-21)15-4-2-1-3-14(15)12-25-7-9-26-10-8-25/h1-6,11H,7-10,12,21H2,(H3,20,22,23,24). The third-order valence-corrected chi connectivity index (χ3v) is 4.68. The summed E-state index contributed by atoms with van der Waals surface area (Å²) >= 11 is 0. The van der Waals surface area contributed by atoms with Gasteiger partial charge in [-0.1, -0.05) is 30.3 Å². The molecule has 0 aliphatic carbocycles. The quantitative estimate of drug-likeness (QED) is 0.488. The van der Waals surface area contributed by atoms with E-state index in [-0.39, 0.29) is 5.95 Å². The fraction of sp³-hybridized carbons (Fsp3) is 0.263. The number of benzene rings is 2. The maximum Gasteiger partial charge on any atom is 0.222 e. The van der Waals surface area contributed by atoms with Crippen LogP contribution in [0.3, 0.4) is 0 Å². The average Bonchev–Trinajstić information content (AvgIpc) is 2.68. The highest BCUT2D eigenvalue weighted by Gasteiger charge is 2.14. The second-order valence-corrected chi connectivity index (χ2v) is 6.35. The van der Waals surface area contributed by atoms with E-state index in [9.17, 15) is 0 Å². The molecule has 1 aliphatic heterocycles. The van der Waals surface area contributed by atoms with E-state index in [0.29, 0.717) is 5.82 Å². The molecule has 0 radical (unpaired) electrons. The van der Waals surface area contributed by atoms with Gasteiger partial charge >= 0.3 is 0 Å². The SMILES string of the molecule is NNc1nc(N)nc2ccc(-c3ccccc3CN3CCOCC3)cc12. The van der Waals surface area contributed by atoms with Crippen LogP contribution in [0.25, 0.3) is 22.0 Å². The van der Waals surface area contributed by atoms with Crippen LogP contribution in [-0.2, 0) is 11.3 Å². The summed E-state index contributed by atoms with van der Waals surface area (Å²) in [7, 11) is 0. The molecule has 1 fully saturated rings. The van der Waals surface area contributed by atoms with E-state index in [0.717, 1.165) is 49.3 Å². The Balaban J connectivity index is 1.74. The van der Waals surface area contributed by atoms with E-state index in [4.69, 9.17) is 16.3 Å². The minimum Gasteiger partial charge on any atom is -0.379 e. The molecule has 2 heterocycles. The zero-order chi connectivity index (χ0) is 17.9. The third kappa shape index (κ3) is 3.32. The zero-order valence-electron chi connectivity index (χ0n) is 14.5. The van der Waals surface area contributed by atoms with Gasteiger partial charge in [0, 0.05) is 25.0 Å². The first-order valence-corrected chi connectivity index (χ1v) is 8.67. The maximum absolute atomic E-state index is 5.74. The van der Waals surface area contributed by atoms with Gasteiger partial charge in [-0.25, -0.2) is 10.8 Å². The molecule has 7 nitrogen and oxygen atoms in total. The van der Waals surface area contributed by atoms with E-state index in [1.165, 1.54) is 11.1 Å². The summed E-state index contributed by atoms with van der Waals surface area (Å²) in [6.07, 6.45) is 0. The second kappa shape index (κ2) is 7.25. The molecule has 0 amide bonds. The molecule has 1 saturated heterocycles. The smallest absolute Gasteiger partial charge is 0.222 e. The van der Waals surface area contributed by atoms with Gasteiger partial charge in [-0.3, -0.25) is 4.90 Å². The number of hydrogen-bond donors (Lipinski definition) is 3. The van der Waals surface area contributed by atoms with Crippen LogP contribution in [-0.4, -0.2) is 41.2 Å². The molecule has 4 rings (SSSR count). The van der Waals surface area contributed by atoms with Crippen molar-refractivity contribution < 1.29 is 4.74 Å². The van der Waals surface area contributed by atoms with Crippen LogP contribution in [0.15, 0.2) is 42.5 Å². The summed E-state index contributed by atoms with van der Waals surface area (Å²) in [5.74, 6) is 6.34. The van der Waals surface area contributed by atoms with Gasteiger partial charge in [0.2, 0.25) is 5.95 Å². The number of nitrogens with zero attached hydrogens (tertiary/aromatic N) is 3. The average molecular weight is 350 g/mol. The third-order valence-electron chi connectivity index (χ3n) is 4.68. The summed E-state index contributed by atoms with van der Waals surface area (Å²) in [6, 6.07) is 14.5. The van der Waals surface area contributed by atoms with E-state index >= 15 is 0 Å².